The van der Waals surface area contributed by atoms with E-state index in [1.165, 1.54) is 48.0 Å². The summed E-state index contributed by atoms with van der Waals surface area (Å²) < 4.78 is 40.8. The summed E-state index contributed by atoms with van der Waals surface area (Å²) in [7, 11) is -4.60. The zero-order chi connectivity index (χ0) is 42.2. The number of rotatable bonds is 14. The second-order valence-corrected chi connectivity index (χ2v) is 16.6. The molecule has 2 aliphatic rings. The average Bonchev–Trinajstić information content (AvgIpc) is 3.24. The quantitative estimate of drug-likeness (QED) is 0.0621. The third-order valence-electron chi connectivity index (χ3n) is 10.5. The predicted octanol–water partition coefficient (Wildman–Crippen LogP) is 8.08. The van der Waals surface area contributed by atoms with Crippen molar-refractivity contribution < 1.29 is 37.5 Å². The number of nitrogens with zero attached hydrogens (tertiary/aromatic N) is 3. The molecule has 2 heterocycles. The fourth-order valence-corrected chi connectivity index (χ4v) is 8.34. The minimum absolute atomic E-state index is 0.0390. The second-order valence-electron chi connectivity index (χ2n) is 14.5. The molecular weight excluding hydrogens is 812 g/mol. The molecule has 2 amide bonds. The molecule has 4 N–H and O–H groups in total. The highest BCUT2D eigenvalue weighted by atomic mass is 35.5. The number of hydrogen-bond acceptors (Lipinski definition) is 11. The molecule has 0 bridgehead atoms. The monoisotopic (exact) mass is 854 g/mol. The van der Waals surface area contributed by atoms with Crippen LogP contribution in [0.1, 0.15) is 28.8 Å². The van der Waals surface area contributed by atoms with Crippen LogP contribution in [0.5, 0.6) is 11.5 Å². The maximum absolute atomic E-state index is 13.8. The maximum atomic E-state index is 13.8. The van der Waals surface area contributed by atoms with Crippen molar-refractivity contribution in [1.82, 2.24) is 9.62 Å². The predicted molar refractivity (Wildman–Crippen MR) is 229 cm³/mol. The van der Waals surface area contributed by atoms with E-state index in [-0.39, 0.29) is 28.7 Å². The number of nitro groups is 1. The SMILES string of the molecule is O=C(O)Nc1ccc(Oc2cc(N3CCN(Cc4ccccc4-c4ccc(Cl)cc4)CC3)ccc2C(=O)NS(=O)(=O)c2ccc(NCC3CCOCC3)c([N+](=O)[O-])c2)cc1. The third kappa shape index (κ3) is 10.5. The molecular formula is C43H43ClN6O9S. The van der Waals surface area contributed by atoms with E-state index in [9.17, 15) is 28.1 Å². The van der Waals surface area contributed by atoms with Gasteiger partial charge >= 0.3 is 6.09 Å². The van der Waals surface area contributed by atoms with Crippen molar-refractivity contribution in [3.05, 3.63) is 135 Å². The van der Waals surface area contributed by atoms with E-state index in [4.69, 9.17) is 26.2 Å². The first-order valence-electron chi connectivity index (χ1n) is 19.3. The van der Waals surface area contributed by atoms with Gasteiger partial charge in [0.15, 0.2) is 0 Å². The van der Waals surface area contributed by atoms with Gasteiger partial charge in [0, 0.05) is 81.0 Å². The Morgan fingerprint density at radius 3 is 2.32 bits per heavy atom. The van der Waals surface area contributed by atoms with E-state index in [2.05, 4.69) is 37.3 Å². The van der Waals surface area contributed by atoms with Crippen LogP contribution in [0.2, 0.25) is 5.02 Å². The van der Waals surface area contributed by atoms with E-state index in [1.807, 2.05) is 36.4 Å². The Kier molecular flexibility index (Phi) is 13.1. The number of ether oxygens (including phenoxy) is 2. The van der Waals surface area contributed by atoms with Crippen molar-refractivity contribution in [3.8, 4) is 22.6 Å². The molecule has 2 saturated heterocycles. The Balaban J connectivity index is 1.09. The average molecular weight is 855 g/mol. The Hall–Kier alpha value is -6.20. The number of nitro benzene ring substituents is 1. The van der Waals surface area contributed by atoms with Crippen molar-refractivity contribution in [3.63, 3.8) is 0 Å². The minimum atomic E-state index is -4.60. The summed E-state index contributed by atoms with van der Waals surface area (Å²) in [6.07, 6.45) is 0.365. The number of piperazine rings is 1. The van der Waals surface area contributed by atoms with Crippen LogP contribution in [0.25, 0.3) is 11.1 Å². The number of hydrogen-bond donors (Lipinski definition) is 4. The first-order valence-corrected chi connectivity index (χ1v) is 21.2. The number of carbonyl (C=O) groups is 2. The van der Waals surface area contributed by atoms with Gasteiger partial charge in [0.25, 0.3) is 21.6 Å². The molecule has 0 spiro atoms. The molecule has 17 heteroatoms. The van der Waals surface area contributed by atoms with Crippen molar-refractivity contribution >= 4 is 56.4 Å². The zero-order valence-electron chi connectivity index (χ0n) is 32.4. The van der Waals surface area contributed by atoms with Gasteiger partial charge < -0.3 is 24.8 Å². The van der Waals surface area contributed by atoms with Crippen LogP contribution in [0.4, 0.5) is 27.5 Å². The fourth-order valence-electron chi connectivity index (χ4n) is 7.23. The summed E-state index contributed by atoms with van der Waals surface area (Å²) in [5, 5.41) is 27.1. The largest absolute Gasteiger partial charge is 0.465 e. The number of carbonyl (C=O) groups excluding carboxylic acids is 1. The van der Waals surface area contributed by atoms with Crippen molar-refractivity contribution in [1.29, 1.82) is 0 Å². The molecule has 60 heavy (non-hydrogen) atoms. The standard InChI is InChI=1S/C43H43ClN6O9S/c44-32-7-5-30(6-8-32)37-4-2-1-3-31(37)28-48-19-21-49(22-20-48)34-11-15-38(41(25-34)59-35-12-9-33(10-13-35)46-43(52)53)42(51)47-60(56,57)36-14-16-39(40(26-36)50(54)55)45-27-29-17-23-58-24-18-29/h1-16,25-26,29,45-46H,17-24,27-28H2,(H,47,51)(H,52,53). The lowest BCUT2D eigenvalue weighted by Crippen LogP contribution is -2.46. The number of halogens is 1. The molecule has 0 aromatic heterocycles. The molecule has 2 fully saturated rings. The Morgan fingerprint density at radius 1 is 0.900 bits per heavy atom. The molecule has 15 nitrogen and oxygen atoms in total. The topological polar surface area (TPSA) is 193 Å². The Bertz CT molecular complexity index is 2460. The molecule has 0 radical (unpaired) electrons. The normalized spacial score (nSPS) is 14.9. The van der Waals surface area contributed by atoms with Crippen LogP contribution in [-0.2, 0) is 21.3 Å². The van der Waals surface area contributed by atoms with Gasteiger partial charge in [-0.2, -0.15) is 0 Å². The first kappa shape index (κ1) is 41.9. The Morgan fingerprint density at radius 2 is 1.62 bits per heavy atom. The van der Waals surface area contributed by atoms with Crippen LogP contribution >= 0.6 is 11.6 Å². The highest BCUT2D eigenvalue weighted by Crippen LogP contribution is 2.34. The number of benzene rings is 5. The highest BCUT2D eigenvalue weighted by Gasteiger charge is 2.27. The van der Waals surface area contributed by atoms with E-state index < -0.39 is 37.5 Å². The van der Waals surface area contributed by atoms with E-state index in [0.717, 1.165) is 55.4 Å². The molecule has 0 atom stereocenters. The smallest absolute Gasteiger partial charge is 0.409 e. The summed E-state index contributed by atoms with van der Waals surface area (Å²) in [5.41, 5.74) is 4.03. The minimum Gasteiger partial charge on any atom is -0.465 e. The lowest BCUT2D eigenvalue weighted by Gasteiger charge is -2.36. The lowest BCUT2D eigenvalue weighted by atomic mass is 9.99. The molecule has 2 aliphatic heterocycles. The van der Waals surface area contributed by atoms with Crippen molar-refractivity contribution in [2.24, 2.45) is 5.92 Å². The van der Waals surface area contributed by atoms with Crippen LogP contribution in [-0.4, -0.2) is 81.3 Å². The lowest BCUT2D eigenvalue weighted by molar-refractivity contribution is -0.384. The fraction of sp³-hybridized carbons (Fsp3) is 0.256. The summed E-state index contributed by atoms with van der Waals surface area (Å²) in [6, 6.07) is 30.3. The highest BCUT2D eigenvalue weighted by molar-refractivity contribution is 7.90. The van der Waals surface area contributed by atoms with Gasteiger partial charge in [-0.25, -0.2) is 17.9 Å². The Labute approximate surface area is 352 Å². The number of carboxylic acid groups (broad SMARTS) is 1. The summed E-state index contributed by atoms with van der Waals surface area (Å²) >= 11 is 6.14. The van der Waals surface area contributed by atoms with Crippen molar-refractivity contribution in [2.75, 3.05) is 61.5 Å². The van der Waals surface area contributed by atoms with E-state index in [1.54, 1.807) is 12.1 Å². The van der Waals surface area contributed by atoms with Gasteiger partial charge in [-0.3, -0.25) is 25.1 Å². The number of anilines is 3. The zero-order valence-corrected chi connectivity index (χ0v) is 34.0. The molecule has 0 unspecified atom stereocenters. The van der Waals surface area contributed by atoms with Crippen LogP contribution < -0.4 is 25.0 Å². The molecule has 5 aromatic carbocycles. The first-order chi connectivity index (χ1) is 28.9. The number of nitrogens with one attached hydrogen (secondary N) is 3. The summed E-state index contributed by atoms with van der Waals surface area (Å²) in [4.78, 5) is 40.3. The maximum Gasteiger partial charge on any atom is 0.409 e. The van der Waals surface area contributed by atoms with Gasteiger partial charge in [-0.05, 0) is 96.1 Å². The van der Waals surface area contributed by atoms with E-state index >= 15 is 0 Å². The van der Waals surface area contributed by atoms with Crippen LogP contribution in [0, 0.1) is 16.0 Å². The van der Waals surface area contributed by atoms with Crippen molar-refractivity contribution in [2.45, 2.75) is 24.3 Å². The van der Waals surface area contributed by atoms with Crippen LogP contribution in [0.3, 0.4) is 0 Å². The summed E-state index contributed by atoms with van der Waals surface area (Å²) in [5.74, 6) is -0.475. The van der Waals surface area contributed by atoms with Gasteiger partial charge in [0.05, 0.1) is 15.4 Å². The third-order valence-corrected chi connectivity index (χ3v) is 12.1. The van der Waals surface area contributed by atoms with Gasteiger partial charge in [0.2, 0.25) is 0 Å². The number of sulfonamides is 1. The molecule has 312 valence electrons. The number of amides is 2. The molecule has 0 aliphatic carbocycles. The molecule has 0 saturated carbocycles. The molecule has 7 rings (SSSR count). The molecule has 5 aromatic rings. The van der Waals surface area contributed by atoms with Gasteiger partial charge in [0.1, 0.15) is 17.2 Å². The van der Waals surface area contributed by atoms with Gasteiger partial charge in [-0.15, -0.1) is 0 Å². The van der Waals surface area contributed by atoms with E-state index in [0.29, 0.717) is 43.6 Å². The summed E-state index contributed by atoms with van der Waals surface area (Å²) in [6.45, 7) is 5.18. The second kappa shape index (κ2) is 18.8. The van der Waals surface area contributed by atoms with Crippen LogP contribution in [0.15, 0.2) is 114 Å². The van der Waals surface area contributed by atoms with Gasteiger partial charge in [-0.1, -0.05) is 48.0 Å².